The molecule has 114 valence electrons. The van der Waals surface area contributed by atoms with Gasteiger partial charge in [-0.1, -0.05) is 24.3 Å². The standard InChI is InChI=1S/C16H21N3S.HI/c1-12-6-4-5-7-14(12)10-18-16(17-3)19-11-15-13(2)8-9-20-15;/h4-9H,10-11H2,1-3H3,(H2,17,18,19);1H. The van der Waals surface area contributed by atoms with Crippen LogP contribution in [0.1, 0.15) is 21.6 Å². The van der Waals surface area contributed by atoms with E-state index < -0.39 is 0 Å². The van der Waals surface area contributed by atoms with Gasteiger partial charge < -0.3 is 10.6 Å². The number of guanidine groups is 1. The van der Waals surface area contributed by atoms with E-state index >= 15 is 0 Å². The van der Waals surface area contributed by atoms with Gasteiger partial charge in [0.05, 0.1) is 6.54 Å². The molecule has 0 aliphatic carbocycles. The molecule has 0 spiro atoms. The SMILES string of the molecule is CN=C(NCc1ccccc1C)NCc1sccc1C.I. The van der Waals surface area contributed by atoms with Gasteiger partial charge in [0, 0.05) is 18.5 Å². The molecule has 0 bridgehead atoms. The lowest BCUT2D eigenvalue weighted by atomic mass is 10.1. The van der Waals surface area contributed by atoms with Gasteiger partial charge in [0.15, 0.2) is 5.96 Å². The molecule has 0 unspecified atom stereocenters. The zero-order valence-electron chi connectivity index (χ0n) is 12.6. The molecule has 21 heavy (non-hydrogen) atoms. The van der Waals surface area contributed by atoms with Gasteiger partial charge in [-0.2, -0.15) is 0 Å². The molecule has 0 aliphatic heterocycles. The van der Waals surface area contributed by atoms with E-state index in [9.17, 15) is 0 Å². The second kappa shape index (κ2) is 9.04. The molecule has 0 amide bonds. The monoisotopic (exact) mass is 415 g/mol. The summed E-state index contributed by atoms with van der Waals surface area (Å²) >= 11 is 1.77. The zero-order valence-corrected chi connectivity index (χ0v) is 15.8. The Hall–Kier alpha value is -1.08. The van der Waals surface area contributed by atoms with Crippen LogP contribution in [0.25, 0.3) is 0 Å². The average Bonchev–Trinajstić information content (AvgIpc) is 2.86. The van der Waals surface area contributed by atoms with Crippen LogP contribution in [-0.2, 0) is 13.1 Å². The second-order valence-corrected chi connectivity index (χ2v) is 5.73. The molecular weight excluding hydrogens is 393 g/mol. The summed E-state index contributed by atoms with van der Waals surface area (Å²) in [5.41, 5.74) is 3.92. The Kier molecular flexibility index (Phi) is 7.74. The number of halogens is 1. The van der Waals surface area contributed by atoms with Gasteiger partial charge >= 0.3 is 0 Å². The summed E-state index contributed by atoms with van der Waals surface area (Å²) in [4.78, 5) is 5.61. The van der Waals surface area contributed by atoms with Crippen molar-refractivity contribution >= 4 is 41.3 Å². The number of hydrogen-bond acceptors (Lipinski definition) is 2. The first-order valence-corrected chi connectivity index (χ1v) is 7.60. The molecule has 0 radical (unpaired) electrons. The molecule has 0 atom stereocenters. The van der Waals surface area contributed by atoms with Gasteiger partial charge in [-0.3, -0.25) is 4.99 Å². The van der Waals surface area contributed by atoms with Gasteiger partial charge in [0.25, 0.3) is 0 Å². The summed E-state index contributed by atoms with van der Waals surface area (Å²) < 4.78 is 0. The van der Waals surface area contributed by atoms with Crippen molar-refractivity contribution in [3.8, 4) is 0 Å². The van der Waals surface area contributed by atoms with Crippen LogP contribution in [0.3, 0.4) is 0 Å². The number of thiophene rings is 1. The number of nitrogens with one attached hydrogen (secondary N) is 2. The van der Waals surface area contributed by atoms with E-state index in [4.69, 9.17) is 0 Å². The quantitative estimate of drug-likeness (QED) is 0.452. The fourth-order valence-corrected chi connectivity index (χ4v) is 2.80. The lowest BCUT2D eigenvalue weighted by Crippen LogP contribution is -2.36. The Balaban J connectivity index is 0.00000220. The second-order valence-electron chi connectivity index (χ2n) is 4.73. The van der Waals surface area contributed by atoms with E-state index in [1.165, 1.54) is 21.6 Å². The Labute approximate surface area is 147 Å². The first-order chi connectivity index (χ1) is 9.70. The van der Waals surface area contributed by atoms with E-state index in [0.717, 1.165) is 19.0 Å². The van der Waals surface area contributed by atoms with Crippen LogP contribution in [0.15, 0.2) is 40.7 Å². The molecule has 2 aromatic rings. The molecule has 0 fully saturated rings. The van der Waals surface area contributed by atoms with Crippen molar-refractivity contribution in [1.82, 2.24) is 10.6 Å². The van der Waals surface area contributed by atoms with Crippen LogP contribution < -0.4 is 10.6 Å². The third kappa shape index (κ3) is 5.32. The highest BCUT2D eigenvalue weighted by Gasteiger charge is 2.03. The number of hydrogen-bond donors (Lipinski definition) is 2. The van der Waals surface area contributed by atoms with Gasteiger partial charge in [0.2, 0.25) is 0 Å². The predicted octanol–water partition coefficient (Wildman–Crippen LogP) is 3.85. The number of nitrogens with zero attached hydrogens (tertiary/aromatic N) is 1. The maximum Gasteiger partial charge on any atom is 0.191 e. The van der Waals surface area contributed by atoms with Crippen LogP contribution in [0.2, 0.25) is 0 Å². The summed E-state index contributed by atoms with van der Waals surface area (Å²) in [5, 5.41) is 8.82. The smallest absolute Gasteiger partial charge is 0.191 e. The lowest BCUT2D eigenvalue weighted by molar-refractivity contribution is 0.810. The summed E-state index contributed by atoms with van der Waals surface area (Å²) in [5.74, 6) is 0.834. The molecule has 0 saturated carbocycles. The fourth-order valence-electron chi connectivity index (χ4n) is 1.96. The Bertz CT molecular complexity index is 593. The average molecular weight is 415 g/mol. The van der Waals surface area contributed by atoms with E-state index in [1.54, 1.807) is 18.4 Å². The fraction of sp³-hybridized carbons (Fsp3) is 0.312. The van der Waals surface area contributed by atoms with Crippen LogP contribution >= 0.6 is 35.3 Å². The third-order valence-electron chi connectivity index (χ3n) is 3.32. The molecule has 1 aromatic carbocycles. The molecule has 5 heteroatoms. The van der Waals surface area contributed by atoms with Crippen molar-refractivity contribution in [1.29, 1.82) is 0 Å². The van der Waals surface area contributed by atoms with E-state index in [1.807, 2.05) is 0 Å². The van der Waals surface area contributed by atoms with E-state index in [-0.39, 0.29) is 24.0 Å². The first kappa shape index (κ1) is 18.0. The molecule has 3 nitrogen and oxygen atoms in total. The molecular formula is C16H22IN3S. The number of benzene rings is 1. The minimum Gasteiger partial charge on any atom is -0.352 e. The van der Waals surface area contributed by atoms with Gasteiger partial charge in [-0.05, 0) is 42.0 Å². The van der Waals surface area contributed by atoms with E-state index in [2.05, 4.69) is 65.2 Å². The Morgan fingerprint density at radius 2 is 1.76 bits per heavy atom. The van der Waals surface area contributed by atoms with E-state index in [0.29, 0.717) is 0 Å². The highest BCUT2D eigenvalue weighted by molar-refractivity contribution is 14.0. The lowest BCUT2D eigenvalue weighted by Gasteiger charge is -2.13. The number of aliphatic imine (C=N–C) groups is 1. The zero-order chi connectivity index (χ0) is 14.4. The van der Waals surface area contributed by atoms with Crippen molar-refractivity contribution < 1.29 is 0 Å². The van der Waals surface area contributed by atoms with Crippen molar-refractivity contribution in [2.75, 3.05) is 7.05 Å². The normalized spacial score (nSPS) is 10.9. The van der Waals surface area contributed by atoms with Crippen LogP contribution in [0.4, 0.5) is 0 Å². The molecule has 0 aliphatic rings. The van der Waals surface area contributed by atoms with Gasteiger partial charge in [-0.15, -0.1) is 35.3 Å². The maximum atomic E-state index is 4.26. The van der Waals surface area contributed by atoms with Crippen molar-refractivity contribution in [2.24, 2.45) is 4.99 Å². The number of aryl methyl sites for hydroxylation is 2. The molecule has 2 N–H and O–H groups in total. The Morgan fingerprint density at radius 3 is 2.38 bits per heavy atom. The summed E-state index contributed by atoms with van der Waals surface area (Å²) in [7, 11) is 1.80. The van der Waals surface area contributed by atoms with Crippen LogP contribution in [0.5, 0.6) is 0 Å². The first-order valence-electron chi connectivity index (χ1n) is 6.72. The minimum atomic E-state index is 0. The van der Waals surface area contributed by atoms with Crippen LogP contribution in [0, 0.1) is 13.8 Å². The van der Waals surface area contributed by atoms with Crippen molar-refractivity contribution in [3.05, 3.63) is 57.3 Å². The molecule has 0 saturated heterocycles. The highest BCUT2D eigenvalue weighted by Crippen LogP contribution is 2.14. The van der Waals surface area contributed by atoms with Crippen LogP contribution in [-0.4, -0.2) is 13.0 Å². The molecule has 2 rings (SSSR count). The summed E-state index contributed by atoms with van der Waals surface area (Å²) in [6.45, 7) is 5.87. The van der Waals surface area contributed by atoms with Gasteiger partial charge in [0.1, 0.15) is 0 Å². The van der Waals surface area contributed by atoms with Crippen molar-refractivity contribution in [3.63, 3.8) is 0 Å². The minimum absolute atomic E-state index is 0. The topological polar surface area (TPSA) is 36.4 Å². The summed E-state index contributed by atoms with van der Waals surface area (Å²) in [6, 6.07) is 10.5. The third-order valence-corrected chi connectivity index (χ3v) is 4.34. The highest BCUT2D eigenvalue weighted by atomic mass is 127. The molecule has 1 aromatic heterocycles. The maximum absolute atomic E-state index is 4.26. The predicted molar refractivity (Wildman–Crippen MR) is 103 cm³/mol. The van der Waals surface area contributed by atoms with Crippen molar-refractivity contribution in [2.45, 2.75) is 26.9 Å². The largest absolute Gasteiger partial charge is 0.352 e. The number of rotatable bonds is 4. The molecule has 1 heterocycles. The van der Waals surface area contributed by atoms with Gasteiger partial charge in [-0.25, -0.2) is 0 Å². The summed E-state index contributed by atoms with van der Waals surface area (Å²) in [6.07, 6.45) is 0. The Morgan fingerprint density at radius 1 is 1.05 bits per heavy atom.